The summed E-state index contributed by atoms with van der Waals surface area (Å²) in [6.07, 6.45) is -3.31. The van der Waals surface area contributed by atoms with E-state index >= 15 is 0 Å². The first kappa shape index (κ1) is 14.1. The smallest absolute Gasteiger partial charge is 0.416 e. The normalized spacial score (nSPS) is 11.4. The lowest BCUT2D eigenvalue weighted by atomic mass is 10.2. The minimum Gasteiger partial charge on any atom is -0.448 e. The van der Waals surface area contributed by atoms with E-state index < -0.39 is 17.6 Å². The van der Waals surface area contributed by atoms with Crippen LogP contribution in [0.1, 0.15) is 17.0 Å². The molecule has 20 heavy (non-hydrogen) atoms. The van der Waals surface area contributed by atoms with Gasteiger partial charge in [0.1, 0.15) is 5.76 Å². The summed E-state index contributed by atoms with van der Waals surface area (Å²) in [5, 5.41) is 2.39. The fraction of sp³-hybridized carbons (Fsp3) is 0.231. The van der Waals surface area contributed by atoms with Crippen molar-refractivity contribution in [2.24, 2.45) is 0 Å². The second-order valence-electron chi connectivity index (χ2n) is 4.16. The number of hydrogen-bond acceptors (Lipinski definition) is 3. The monoisotopic (exact) mass is 284 g/mol. The number of amides is 1. The molecule has 0 atom stereocenters. The quantitative estimate of drug-likeness (QED) is 0.941. The Morgan fingerprint density at radius 3 is 2.75 bits per heavy atom. The van der Waals surface area contributed by atoms with Crippen LogP contribution in [0.25, 0.3) is 0 Å². The molecular formula is C13H11F3N2O2. The van der Waals surface area contributed by atoms with Crippen LogP contribution in [0.4, 0.5) is 18.9 Å². The minimum absolute atomic E-state index is 0.0813. The van der Waals surface area contributed by atoms with Crippen molar-refractivity contribution < 1.29 is 22.4 Å². The van der Waals surface area contributed by atoms with Crippen molar-refractivity contribution in [2.75, 3.05) is 5.32 Å². The average Bonchev–Trinajstić information content (AvgIpc) is 2.74. The third kappa shape index (κ3) is 3.37. The van der Waals surface area contributed by atoms with Gasteiger partial charge in [0.15, 0.2) is 6.39 Å². The Hall–Kier alpha value is -2.31. The molecule has 0 saturated heterocycles. The van der Waals surface area contributed by atoms with Gasteiger partial charge < -0.3 is 9.73 Å². The van der Waals surface area contributed by atoms with Crippen LogP contribution in [0, 0.1) is 6.92 Å². The molecule has 2 rings (SSSR count). The van der Waals surface area contributed by atoms with E-state index in [1.807, 2.05) is 0 Å². The van der Waals surface area contributed by atoms with E-state index in [0.29, 0.717) is 11.5 Å². The van der Waals surface area contributed by atoms with Crippen LogP contribution in [0.2, 0.25) is 0 Å². The van der Waals surface area contributed by atoms with Gasteiger partial charge in [-0.25, -0.2) is 4.98 Å². The van der Waals surface area contributed by atoms with Gasteiger partial charge in [0.2, 0.25) is 5.91 Å². The fourth-order valence-corrected chi connectivity index (χ4v) is 1.62. The van der Waals surface area contributed by atoms with Crippen LogP contribution in [-0.4, -0.2) is 10.9 Å². The molecule has 0 saturated carbocycles. The van der Waals surface area contributed by atoms with Crippen LogP contribution in [-0.2, 0) is 17.4 Å². The Morgan fingerprint density at radius 2 is 2.15 bits per heavy atom. The lowest BCUT2D eigenvalue weighted by Crippen LogP contribution is -2.15. The molecule has 0 fully saturated rings. The molecule has 0 aliphatic rings. The van der Waals surface area contributed by atoms with E-state index in [1.165, 1.54) is 18.5 Å². The number of hydrogen-bond donors (Lipinski definition) is 1. The number of anilines is 1. The number of aromatic nitrogens is 1. The standard InChI is InChI=1S/C13H11F3N2O2/c1-8-11(20-7-17-8)6-12(19)18-10-4-2-3-9(5-10)13(14,15)16/h2-5,7H,6H2,1H3,(H,18,19). The molecule has 2 aromatic rings. The SMILES string of the molecule is Cc1ncoc1CC(=O)Nc1cccc(C(F)(F)F)c1. The highest BCUT2D eigenvalue weighted by atomic mass is 19.4. The lowest BCUT2D eigenvalue weighted by Gasteiger charge is -2.09. The van der Waals surface area contributed by atoms with Crippen molar-refractivity contribution in [3.8, 4) is 0 Å². The molecule has 4 nitrogen and oxygen atoms in total. The first-order chi connectivity index (χ1) is 9.36. The van der Waals surface area contributed by atoms with Gasteiger partial charge in [-0.1, -0.05) is 6.07 Å². The highest BCUT2D eigenvalue weighted by Gasteiger charge is 2.30. The van der Waals surface area contributed by atoms with Gasteiger partial charge in [0, 0.05) is 5.69 Å². The summed E-state index contributed by atoms with van der Waals surface area (Å²) in [5.41, 5.74) is -0.155. The Kier molecular flexibility index (Phi) is 3.78. The van der Waals surface area contributed by atoms with E-state index in [0.717, 1.165) is 12.1 Å². The van der Waals surface area contributed by atoms with Gasteiger partial charge >= 0.3 is 6.18 Å². The molecule has 0 radical (unpaired) electrons. The molecule has 0 aliphatic carbocycles. The largest absolute Gasteiger partial charge is 0.448 e. The van der Waals surface area contributed by atoms with E-state index in [1.54, 1.807) is 6.92 Å². The van der Waals surface area contributed by atoms with Gasteiger partial charge in [-0.15, -0.1) is 0 Å². The van der Waals surface area contributed by atoms with E-state index in [4.69, 9.17) is 4.42 Å². The Morgan fingerprint density at radius 1 is 1.40 bits per heavy atom. The molecule has 0 unspecified atom stereocenters. The Balaban J connectivity index is 2.07. The molecule has 0 aliphatic heterocycles. The summed E-state index contributed by atoms with van der Waals surface area (Å²) in [4.78, 5) is 15.5. The summed E-state index contributed by atoms with van der Waals surface area (Å²) in [5.74, 6) is -0.0846. The number of nitrogens with zero attached hydrogens (tertiary/aromatic N) is 1. The van der Waals surface area contributed by atoms with Gasteiger partial charge in [0.25, 0.3) is 0 Å². The number of carbonyl (C=O) groups is 1. The number of oxazole rings is 1. The van der Waals surface area contributed by atoms with Crippen LogP contribution < -0.4 is 5.32 Å². The first-order valence-corrected chi connectivity index (χ1v) is 5.72. The Bertz CT molecular complexity index is 620. The number of alkyl halides is 3. The van der Waals surface area contributed by atoms with Crippen LogP contribution >= 0.6 is 0 Å². The predicted molar refractivity (Wildman–Crippen MR) is 65.0 cm³/mol. The number of aryl methyl sites for hydroxylation is 1. The Labute approximate surface area is 112 Å². The third-order valence-electron chi connectivity index (χ3n) is 2.64. The summed E-state index contributed by atoms with van der Waals surface area (Å²) < 4.78 is 42.6. The van der Waals surface area contributed by atoms with Crippen LogP contribution in [0.3, 0.4) is 0 Å². The number of halogens is 3. The highest BCUT2D eigenvalue weighted by molar-refractivity contribution is 5.92. The number of carbonyl (C=O) groups excluding carboxylic acids is 1. The maximum atomic E-state index is 12.5. The van der Waals surface area contributed by atoms with Crippen molar-refractivity contribution in [1.82, 2.24) is 4.98 Å². The van der Waals surface area contributed by atoms with Crippen molar-refractivity contribution >= 4 is 11.6 Å². The molecule has 1 aromatic heterocycles. The zero-order chi connectivity index (χ0) is 14.8. The van der Waals surface area contributed by atoms with Gasteiger partial charge in [-0.05, 0) is 25.1 Å². The van der Waals surface area contributed by atoms with Crippen molar-refractivity contribution in [2.45, 2.75) is 19.5 Å². The molecule has 7 heteroatoms. The molecule has 106 valence electrons. The summed E-state index contributed by atoms with van der Waals surface area (Å²) in [7, 11) is 0. The van der Waals surface area contributed by atoms with Crippen molar-refractivity contribution in [1.29, 1.82) is 0 Å². The predicted octanol–water partition coefficient (Wildman–Crippen LogP) is 3.18. The lowest BCUT2D eigenvalue weighted by molar-refractivity contribution is -0.137. The first-order valence-electron chi connectivity index (χ1n) is 5.72. The molecule has 0 bridgehead atoms. The molecule has 1 aromatic carbocycles. The zero-order valence-electron chi connectivity index (χ0n) is 10.5. The maximum Gasteiger partial charge on any atom is 0.416 e. The number of nitrogens with one attached hydrogen (secondary N) is 1. The molecule has 1 amide bonds. The van der Waals surface area contributed by atoms with Gasteiger partial charge in [0.05, 0.1) is 17.7 Å². The maximum absolute atomic E-state index is 12.5. The summed E-state index contributed by atoms with van der Waals surface area (Å²) in [6, 6.07) is 4.44. The highest BCUT2D eigenvalue weighted by Crippen LogP contribution is 2.30. The average molecular weight is 284 g/mol. The zero-order valence-corrected chi connectivity index (χ0v) is 10.5. The molecule has 0 spiro atoms. The summed E-state index contributed by atoms with van der Waals surface area (Å²) >= 11 is 0. The molecular weight excluding hydrogens is 273 g/mol. The van der Waals surface area contributed by atoms with Crippen molar-refractivity contribution in [3.63, 3.8) is 0 Å². The third-order valence-corrected chi connectivity index (χ3v) is 2.64. The van der Waals surface area contributed by atoms with Gasteiger partial charge in [-0.3, -0.25) is 4.79 Å². The molecule has 1 heterocycles. The minimum atomic E-state index is -4.44. The second-order valence-corrected chi connectivity index (χ2v) is 4.16. The number of rotatable bonds is 3. The second kappa shape index (κ2) is 5.36. The molecule has 1 N–H and O–H groups in total. The van der Waals surface area contributed by atoms with Crippen LogP contribution in [0.15, 0.2) is 35.1 Å². The fourth-order valence-electron chi connectivity index (χ4n) is 1.62. The summed E-state index contributed by atoms with van der Waals surface area (Å²) in [6.45, 7) is 1.68. The van der Waals surface area contributed by atoms with Crippen molar-refractivity contribution in [3.05, 3.63) is 47.7 Å². The van der Waals surface area contributed by atoms with E-state index in [-0.39, 0.29) is 12.1 Å². The van der Waals surface area contributed by atoms with Gasteiger partial charge in [-0.2, -0.15) is 13.2 Å². The van der Waals surface area contributed by atoms with E-state index in [9.17, 15) is 18.0 Å². The van der Waals surface area contributed by atoms with Crippen LogP contribution in [0.5, 0.6) is 0 Å². The van der Waals surface area contributed by atoms with E-state index in [2.05, 4.69) is 10.3 Å². The number of benzene rings is 1. The topological polar surface area (TPSA) is 55.1 Å².